The predicted octanol–water partition coefficient (Wildman–Crippen LogP) is 3.75. The smallest absolute Gasteiger partial charge is 0.293 e. The van der Waals surface area contributed by atoms with Crippen LogP contribution in [0.25, 0.3) is 0 Å². The molecule has 0 bridgehead atoms. The maximum Gasteiger partial charge on any atom is 0.293 e. The summed E-state index contributed by atoms with van der Waals surface area (Å²) >= 11 is 0. The number of benzene rings is 1. The number of furan rings is 1. The summed E-state index contributed by atoms with van der Waals surface area (Å²) in [6.45, 7) is 3.62. The number of methoxy groups -OCH3 is 3. The Bertz CT molecular complexity index is 963. The first-order valence-electron chi connectivity index (χ1n) is 8.58. The lowest BCUT2D eigenvalue weighted by atomic mass is 10.1. The molecule has 3 aromatic rings. The van der Waals surface area contributed by atoms with Crippen LogP contribution >= 0.6 is 0 Å². The van der Waals surface area contributed by atoms with Crippen LogP contribution in [0, 0.1) is 13.8 Å². The van der Waals surface area contributed by atoms with Crippen molar-refractivity contribution < 1.29 is 27.9 Å². The Hall–Kier alpha value is -3.42. The normalized spacial score (nSPS) is 10.6. The third-order valence-electron chi connectivity index (χ3n) is 4.44. The lowest BCUT2D eigenvalue weighted by Crippen LogP contribution is -2.11. The summed E-state index contributed by atoms with van der Waals surface area (Å²) in [6, 6.07) is 6.87. The molecule has 3 rings (SSSR count). The fourth-order valence-corrected chi connectivity index (χ4v) is 2.72. The van der Waals surface area contributed by atoms with E-state index in [-0.39, 0.29) is 5.76 Å². The number of rotatable bonds is 7. The highest BCUT2D eigenvalue weighted by atomic mass is 16.5. The van der Waals surface area contributed by atoms with Gasteiger partial charge in [-0.2, -0.15) is 0 Å². The van der Waals surface area contributed by atoms with Gasteiger partial charge < -0.3 is 23.2 Å². The second kappa shape index (κ2) is 8.08. The molecule has 28 heavy (non-hydrogen) atoms. The summed E-state index contributed by atoms with van der Waals surface area (Å²) < 4.78 is 27.0. The van der Waals surface area contributed by atoms with Crippen molar-refractivity contribution in [2.75, 3.05) is 26.6 Å². The van der Waals surface area contributed by atoms with Crippen molar-refractivity contribution in [3.8, 4) is 17.2 Å². The van der Waals surface area contributed by atoms with Gasteiger partial charge in [0, 0.05) is 29.7 Å². The lowest BCUT2D eigenvalue weighted by molar-refractivity contribution is 0.0992. The first-order chi connectivity index (χ1) is 13.5. The number of nitrogens with zero attached hydrogens (tertiary/aromatic N) is 1. The van der Waals surface area contributed by atoms with E-state index < -0.39 is 5.91 Å². The van der Waals surface area contributed by atoms with E-state index in [1.54, 1.807) is 52.5 Å². The summed E-state index contributed by atoms with van der Waals surface area (Å²) in [4.78, 5) is 12.4. The summed E-state index contributed by atoms with van der Waals surface area (Å²) in [5, 5.41) is 6.47. The number of amides is 1. The van der Waals surface area contributed by atoms with E-state index in [1.165, 1.54) is 0 Å². The first-order valence-corrected chi connectivity index (χ1v) is 8.58. The van der Waals surface area contributed by atoms with Gasteiger partial charge in [0.25, 0.3) is 5.91 Å². The highest BCUT2D eigenvalue weighted by molar-refractivity contribution is 6.01. The number of aromatic nitrogens is 1. The average Bonchev–Trinajstić information content (AvgIpc) is 3.30. The number of hydrogen-bond acceptors (Lipinski definition) is 7. The summed E-state index contributed by atoms with van der Waals surface area (Å²) in [6.07, 6.45) is 0.379. The summed E-state index contributed by atoms with van der Waals surface area (Å²) in [5.41, 5.74) is 2.27. The van der Waals surface area contributed by atoms with Crippen molar-refractivity contribution >= 4 is 11.8 Å². The zero-order chi connectivity index (χ0) is 20.3. The molecular formula is C20H22N2O6. The second-order valence-electron chi connectivity index (χ2n) is 6.13. The quantitative estimate of drug-likeness (QED) is 0.660. The maximum atomic E-state index is 12.4. The van der Waals surface area contributed by atoms with Crippen molar-refractivity contribution in [1.29, 1.82) is 0 Å². The molecule has 0 fully saturated rings. The minimum atomic E-state index is -0.417. The van der Waals surface area contributed by atoms with Crippen LogP contribution < -0.4 is 19.5 Å². The Kier molecular flexibility index (Phi) is 5.58. The van der Waals surface area contributed by atoms with Crippen LogP contribution in [0.3, 0.4) is 0 Å². The number of nitrogens with one attached hydrogen (secondary N) is 1. The van der Waals surface area contributed by atoms with Crippen LogP contribution in [0.4, 0.5) is 5.88 Å². The zero-order valence-electron chi connectivity index (χ0n) is 16.4. The van der Waals surface area contributed by atoms with E-state index in [4.69, 9.17) is 23.2 Å². The van der Waals surface area contributed by atoms with Crippen molar-refractivity contribution in [2.45, 2.75) is 20.3 Å². The van der Waals surface area contributed by atoms with Crippen LogP contribution in [0.1, 0.15) is 33.1 Å². The number of carbonyl (C=O) groups excluding carboxylic acids is 1. The van der Waals surface area contributed by atoms with E-state index in [0.29, 0.717) is 41.0 Å². The van der Waals surface area contributed by atoms with Gasteiger partial charge in [0.15, 0.2) is 5.76 Å². The standard InChI is InChI=1S/C20H22N2O6/c1-11-12(2)22-28-20(11)21-19(23)16-7-6-13(27-16)8-15-17(25-4)9-14(24-3)10-18(15)26-5/h6-7,9-10H,8H2,1-5H3,(H,21,23). The van der Waals surface area contributed by atoms with E-state index in [1.807, 2.05) is 6.92 Å². The third kappa shape index (κ3) is 3.80. The Balaban J connectivity index is 1.81. The molecule has 2 aromatic heterocycles. The van der Waals surface area contributed by atoms with Gasteiger partial charge >= 0.3 is 0 Å². The van der Waals surface area contributed by atoms with Gasteiger partial charge in [-0.1, -0.05) is 5.16 Å². The van der Waals surface area contributed by atoms with Gasteiger partial charge in [0.2, 0.25) is 5.88 Å². The minimum Gasteiger partial charge on any atom is -0.496 e. The van der Waals surface area contributed by atoms with Crippen molar-refractivity contribution in [3.63, 3.8) is 0 Å². The molecule has 148 valence electrons. The zero-order valence-corrected chi connectivity index (χ0v) is 16.4. The fraction of sp³-hybridized carbons (Fsp3) is 0.300. The minimum absolute atomic E-state index is 0.162. The number of anilines is 1. The molecule has 1 aromatic carbocycles. The predicted molar refractivity (Wildman–Crippen MR) is 102 cm³/mol. The molecule has 0 radical (unpaired) electrons. The van der Waals surface area contributed by atoms with Crippen molar-refractivity contribution in [3.05, 3.63) is 52.6 Å². The number of ether oxygens (including phenoxy) is 3. The molecule has 0 unspecified atom stereocenters. The van der Waals surface area contributed by atoms with Crippen LogP contribution in [-0.2, 0) is 6.42 Å². The molecule has 0 saturated heterocycles. The molecular weight excluding hydrogens is 364 g/mol. The fourth-order valence-electron chi connectivity index (χ4n) is 2.72. The molecule has 0 saturated carbocycles. The summed E-state index contributed by atoms with van der Waals surface area (Å²) in [7, 11) is 4.71. The SMILES string of the molecule is COc1cc(OC)c(Cc2ccc(C(=O)Nc3onc(C)c3C)o2)c(OC)c1. The molecule has 0 aliphatic carbocycles. The van der Waals surface area contributed by atoms with E-state index in [2.05, 4.69) is 10.5 Å². The van der Waals surface area contributed by atoms with Gasteiger partial charge in [0.05, 0.1) is 27.0 Å². The third-order valence-corrected chi connectivity index (χ3v) is 4.44. The molecule has 8 heteroatoms. The van der Waals surface area contributed by atoms with Crippen LogP contribution in [-0.4, -0.2) is 32.4 Å². The number of hydrogen-bond donors (Lipinski definition) is 1. The average molecular weight is 386 g/mol. The molecule has 2 heterocycles. The lowest BCUT2D eigenvalue weighted by Gasteiger charge is -2.14. The number of carbonyl (C=O) groups is 1. The highest BCUT2D eigenvalue weighted by Crippen LogP contribution is 2.36. The first kappa shape index (κ1) is 19.3. The molecule has 1 amide bonds. The monoisotopic (exact) mass is 386 g/mol. The second-order valence-corrected chi connectivity index (χ2v) is 6.13. The van der Waals surface area contributed by atoms with Crippen molar-refractivity contribution in [1.82, 2.24) is 5.16 Å². The van der Waals surface area contributed by atoms with Gasteiger partial charge in [-0.25, -0.2) is 0 Å². The maximum absolute atomic E-state index is 12.4. The van der Waals surface area contributed by atoms with Crippen LogP contribution in [0.15, 0.2) is 33.2 Å². The molecule has 0 aliphatic rings. The van der Waals surface area contributed by atoms with E-state index in [0.717, 1.165) is 11.1 Å². The molecule has 8 nitrogen and oxygen atoms in total. The Morgan fingerprint density at radius 1 is 1.07 bits per heavy atom. The molecule has 0 aliphatic heterocycles. The highest BCUT2D eigenvalue weighted by Gasteiger charge is 2.19. The Morgan fingerprint density at radius 2 is 1.75 bits per heavy atom. The van der Waals surface area contributed by atoms with Crippen LogP contribution in [0.2, 0.25) is 0 Å². The summed E-state index contributed by atoms with van der Waals surface area (Å²) in [5.74, 6) is 2.46. The number of aryl methyl sites for hydroxylation is 1. The van der Waals surface area contributed by atoms with Gasteiger partial charge in [-0.3, -0.25) is 10.1 Å². The van der Waals surface area contributed by atoms with E-state index in [9.17, 15) is 4.79 Å². The van der Waals surface area contributed by atoms with Crippen LogP contribution in [0.5, 0.6) is 17.2 Å². The molecule has 1 N–H and O–H groups in total. The topological polar surface area (TPSA) is 96.0 Å². The van der Waals surface area contributed by atoms with Gasteiger partial charge in [0.1, 0.15) is 23.0 Å². The molecule has 0 atom stereocenters. The van der Waals surface area contributed by atoms with Crippen molar-refractivity contribution in [2.24, 2.45) is 0 Å². The van der Waals surface area contributed by atoms with E-state index >= 15 is 0 Å². The Morgan fingerprint density at radius 3 is 2.29 bits per heavy atom. The Labute approximate surface area is 162 Å². The van der Waals surface area contributed by atoms with Gasteiger partial charge in [-0.05, 0) is 26.0 Å². The van der Waals surface area contributed by atoms with Gasteiger partial charge in [-0.15, -0.1) is 0 Å². The largest absolute Gasteiger partial charge is 0.496 e. The molecule has 0 spiro atoms.